The van der Waals surface area contributed by atoms with Gasteiger partial charge in [0.15, 0.2) is 21.9 Å². The van der Waals surface area contributed by atoms with Gasteiger partial charge in [-0.25, -0.2) is 9.78 Å². The molecule has 0 aliphatic rings. The molecular formula is C20H22ClN3O3S. The molecule has 1 aromatic carbocycles. The minimum Gasteiger partial charge on any atom is -0.448 e. The molecule has 8 heteroatoms. The molecule has 0 unspecified atom stereocenters. The molecule has 3 rings (SSSR count). The van der Waals surface area contributed by atoms with Gasteiger partial charge in [-0.3, -0.25) is 9.20 Å². The molecule has 0 fully saturated rings. The number of hydrogen-bond acceptors (Lipinski definition) is 5. The van der Waals surface area contributed by atoms with Gasteiger partial charge in [0.25, 0.3) is 5.91 Å². The molecule has 0 bridgehead atoms. The van der Waals surface area contributed by atoms with Gasteiger partial charge in [-0.15, -0.1) is 11.3 Å². The zero-order valence-corrected chi connectivity index (χ0v) is 17.8. The number of carbonyl (C=O) groups is 2. The molecule has 0 spiro atoms. The summed E-state index contributed by atoms with van der Waals surface area (Å²) in [7, 11) is 0. The first-order valence-corrected chi connectivity index (χ1v) is 10.1. The summed E-state index contributed by atoms with van der Waals surface area (Å²) in [6.07, 6.45) is 0.731. The number of ether oxygens (including phenoxy) is 1. The molecule has 1 atom stereocenters. The maximum atomic E-state index is 13.1. The smallest absolute Gasteiger partial charge is 0.359 e. The third-order valence-corrected chi connectivity index (χ3v) is 5.32. The van der Waals surface area contributed by atoms with E-state index in [0.717, 1.165) is 5.56 Å². The molecule has 2 aromatic heterocycles. The van der Waals surface area contributed by atoms with Crippen molar-refractivity contribution in [2.24, 2.45) is 0 Å². The van der Waals surface area contributed by atoms with Gasteiger partial charge >= 0.3 is 5.97 Å². The lowest BCUT2D eigenvalue weighted by Gasteiger charge is -2.37. The Morgan fingerprint density at radius 2 is 1.96 bits per heavy atom. The molecule has 2 heterocycles. The number of amides is 1. The Labute approximate surface area is 172 Å². The highest BCUT2D eigenvalue weighted by Crippen LogP contribution is 2.24. The van der Waals surface area contributed by atoms with Crippen LogP contribution >= 0.6 is 22.9 Å². The number of nitrogens with zero attached hydrogens (tertiary/aromatic N) is 3. The fourth-order valence-corrected chi connectivity index (χ4v) is 3.85. The van der Waals surface area contributed by atoms with E-state index in [1.165, 1.54) is 11.3 Å². The molecule has 148 valence electrons. The summed E-state index contributed by atoms with van der Waals surface area (Å²) >= 11 is 7.45. The van der Waals surface area contributed by atoms with Gasteiger partial charge in [0.2, 0.25) is 0 Å². The van der Waals surface area contributed by atoms with Gasteiger partial charge < -0.3 is 9.64 Å². The number of rotatable bonds is 5. The van der Waals surface area contributed by atoms with Gasteiger partial charge in [-0.05, 0) is 33.3 Å². The Bertz CT molecular complexity index is 991. The predicted molar refractivity (Wildman–Crippen MR) is 110 cm³/mol. The maximum absolute atomic E-state index is 13.1. The van der Waals surface area contributed by atoms with Crippen molar-refractivity contribution in [2.75, 3.05) is 0 Å². The highest BCUT2D eigenvalue weighted by atomic mass is 35.5. The quantitative estimate of drug-likeness (QED) is 0.574. The van der Waals surface area contributed by atoms with E-state index < -0.39 is 17.6 Å². The van der Waals surface area contributed by atoms with Gasteiger partial charge in [-0.2, -0.15) is 0 Å². The van der Waals surface area contributed by atoms with Crippen LogP contribution in [-0.4, -0.2) is 37.8 Å². The minimum absolute atomic E-state index is 0.0634. The Hall–Kier alpha value is -2.38. The second kappa shape index (κ2) is 7.93. The Kier molecular flexibility index (Phi) is 5.76. The number of fused-ring (bicyclic) bond motifs is 1. The average molecular weight is 420 g/mol. The molecule has 0 radical (unpaired) electrons. The van der Waals surface area contributed by atoms with Crippen molar-refractivity contribution in [3.05, 3.63) is 58.3 Å². The number of aromatic nitrogens is 2. The van der Waals surface area contributed by atoms with Crippen molar-refractivity contribution in [1.29, 1.82) is 0 Å². The minimum atomic E-state index is -0.962. The molecule has 0 aliphatic heterocycles. The summed E-state index contributed by atoms with van der Waals surface area (Å²) in [6, 6.07) is 9.71. The summed E-state index contributed by atoms with van der Waals surface area (Å²) in [5, 5.41) is 1.86. The summed E-state index contributed by atoms with van der Waals surface area (Å²) in [5.41, 5.74) is 0.689. The molecule has 6 nitrogen and oxygen atoms in total. The van der Waals surface area contributed by atoms with Crippen molar-refractivity contribution in [2.45, 2.75) is 45.9 Å². The van der Waals surface area contributed by atoms with Crippen LogP contribution in [-0.2, 0) is 16.1 Å². The van der Waals surface area contributed by atoms with E-state index in [9.17, 15) is 9.59 Å². The van der Waals surface area contributed by atoms with Crippen molar-refractivity contribution in [3.63, 3.8) is 0 Å². The second-order valence-electron chi connectivity index (χ2n) is 7.44. The zero-order valence-electron chi connectivity index (χ0n) is 16.2. The van der Waals surface area contributed by atoms with Gasteiger partial charge in [0.1, 0.15) is 0 Å². The Morgan fingerprint density at radius 1 is 1.29 bits per heavy atom. The molecule has 3 aromatic rings. The molecule has 0 saturated carbocycles. The number of benzene rings is 1. The number of hydrogen-bond donors (Lipinski definition) is 0. The monoisotopic (exact) mass is 419 g/mol. The first-order chi connectivity index (χ1) is 13.2. The number of thiazole rings is 1. The highest BCUT2D eigenvalue weighted by Gasteiger charge is 2.33. The molecule has 0 aliphatic carbocycles. The first kappa shape index (κ1) is 20.4. The number of carbonyl (C=O) groups excluding carboxylic acids is 2. The summed E-state index contributed by atoms with van der Waals surface area (Å²) in [4.78, 5) is 32.2. The Morgan fingerprint density at radius 3 is 2.61 bits per heavy atom. The van der Waals surface area contributed by atoms with E-state index in [1.807, 2.05) is 51.1 Å². The Balaban J connectivity index is 1.78. The topological polar surface area (TPSA) is 63.9 Å². The molecule has 0 saturated heterocycles. The first-order valence-electron chi connectivity index (χ1n) is 8.86. The van der Waals surface area contributed by atoms with Gasteiger partial charge in [0, 0.05) is 23.7 Å². The summed E-state index contributed by atoms with van der Waals surface area (Å²) in [6.45, 7) is 7.85. The van der Waals surface area contributed by atoms with Crippen LogP contribution in [0.1, 0.15) is 43.7 Å². The van der Waals surface area contributed by atoms with Gasteiger partial charge in [0.05, 0.1) is 0 Å². The van der Waals surface area contributed by atoms with Crippen LogP contribution in [0.2, 0.25) is 5.15 Å². The van der Waals surface area contributed by atoms with E-state index in [-0.39, 0.29) is 16.8 Å². The normalized spacial score (nSPS) is 12.8. The number of halogens is 1. The van der Waals surface area contributed by atoms with Crippen LogP contribution < -0.4 is 0 Å². The largest absolute Gasteiger partial charge is 0.448 e. The van der Waals surface area contributed by atoms with E-state index in [2.05, 4.69) is 4.98 Å². The predicted octanol–water partition coefficient (Wildman–Crippen LogP) is 4.42. The SMILES string of the molecule is C[C@H](OC(=O)c1c(Cl)nc2sccn12)C(=O)N(Cc1ccccc1)C(C)(C)C. The van der Waals surface area contributed by atoms with Crippen LogP contribution in [0.3, 0.4) is 0 Å². The van der Waals surface area contributed by atoms with Crippen molar-refractivity contribution < 1.29 is 14.3 Å². The van der Waals surface area contributed by atoms with E-state index in [1.54, 1.807) is 27.8 Å². The number of esters is 1. The molecular weight excluding hydrogens is 398 g/mol. The van der Waals surface area contributed by atoms with Crippen LogP contribution in [0.25, 0.3) is 4.96 Å². The lowest BCUT2D eigenvalue weighted by Crippen LogP contribution is -2.49. The maximum Gasteiger partial charge on any atom is 0.359 e. The lowest BCUT2D eigenvalue weighted by atomic mass is 10.0. The summed E-state index contributed by atoms with van der Waals surface area (Å²) in [5.74, 6) is -0.947. The number of imidazole rings is 1. The van der Waals surface area contributed by atoms with Gasteiger partial charge in [-0.1, -0.05) is 41.9 Å². The van der Waals surface area contributed by atoms with E-state index >= 15 is 0 Å². The highest BCUT2D eigenvalue weighted by molar-refractivity contribution is 7.15. The van der Waals surface area contributed by atoms with Crippen LogP contribution in [0, 0.1) is 0 Å². The third kappa shape index (κ3) is 4.20. The standard InChI is InChI=1S/C20H22ClN3O3S/c1-13(27-18(26)15-16(21)22-19-23(15)10-11-28-19)17(25)24(20(2,3)4)12-14-8-6-5-7-9-14/h5-11,13H,12H2,1-4H3/t13-/m0/s1. The van der Waals surface area contributed by atoms with Crippen molar-refractivity contribution in [1.82, 2.24) is 14.3 Å². The van der Waals surface area contributed by atoms with Crippen LogP contribution in [0.4, 0.5) is 0 Å². The molecule has 28 heavy (non-hydrogen) atoms. The van der Waals surface area contributed by atoms with Crippen LogP contribution in [0.5, 0.6) is 0 Å². The average Bonchev–Trinajstić information content (AvgIpc) is 3.18. The zero-order chi connectivity index (χ0) is 20.5. The summed E-state index contributed by atoms with van der Waals surface area (Å²) < 4.78 is 7.03. The molecule has 1 amide bonds. The third-order valence-electron chi connectivity index (χ3n) is 4.30. The lowest BCUT2D eigenvalue weighted by molar-refractivity contribution is -0.145. The van der Waals surface area contributed by atoms with Crippen molar-refractivity contribution in [3.8, 4) is 0 Å². The fraction of sp³-hybridized carbons (Fsp3) is 0.350. The van der Waals surface area contributed by atoms with E-state index in [4.69, 9.17) is 16.3 Å². The van der Waals surface area contributed by atoms with Crippen molar-refractivity contribution >= 4 is 39.8 Å². The van der Waals surface area contributed by atoms with Crippen LogP contribution in [0.15, 0.2) is 41.9 Å². The van der Waals surface area contributed by atoms with E-state index in [0.29, 0.717) is 11.5 Å². The fourth-order valence-electron chi connectivity index (χ4n) is 2.84. The molecule has 0 N–H and O–H groups in total. The second-order valence-corrected chi connectivity index (χ2v) is 8.67.